The van der Waals surface area contributed by atoms with Gasteiger partial charge in [0.05, 0.1) is 0 Å². The Labute approximate surface area is 385 Å². The van der Waals surface area contributed by atoms with Crippen LogP contribution in [-0.2, 0) is 10.8 Å². The molecule has 0 spiro atoms. The summed E-state index contributed by atoms with van der Waals surface area (Å²) in [5.74, 6) is 0.803. The Bertz CT molecular complexity index is 3510. The second-order valence-corrected chi connectivity index (χ2v) is 25.4. The third-order valence-corrected chi connectivity index (χ3v) is 20.2. The maximum atomic E-state index is 2.68. The Kier molecular flexibility index (Phi) is 8.22. The van der Waals surface area contributed by atoms with Crippen LogP contribution >= 0.6 is 0 Å². The predicted octanol–water partition coefficient (Wildman–Crippen LogP) is 15.7. The third kappa shape index (κ3) is 5.49. The van der Waals surface area contributed by atoms with Crippen molar-refractivity contribution in [2.24, 2.45) is 0 Å². The Morgan fingerprint density at radius 3 is 1.94 bits per heavy atom. The van der Waals surface area contributed by atoms with Crippen molar-refractivity contribution < 1.29 is 0 Å². The van der Waals surface area contributed by atoms with Gasteiger partial charge in [-0.25, -0.2) is 0 Å². The lowest BCUT2D eigenvalue weighted by molar-refractivity contribution is 0.613. The van der Waals surface area contributed by atoms with Crippen molar-refractivity contribution in [3.63, 3.8) is 0 Å². The number of allylic oxidation sites excluding steroid dienone is 8. The monoisotopic (exact) mass is 850 g/mol. The molecule has 0 bridgehead atoms. The van der Waals surface area contributed by atoms with Gasteiger partial charge in [0.15, 0.2) is 0 Å². The zero-order valence-electron chi connectivity index (χ0n) is 38.4. The molecule has 1 heterocycles. The second-order valence-electron chi connectivity index (χ2n) is 21.1. The van der Waals surface area contributed by atoms with Gasteiger partial charge in [-0.2, -0.15) is 0 Å². The molecular formula is C64H54Si. The Morgan fingerprint density at radius 1 is 0.477 bits per heavy atom. The maximum absolute atomic E-state index is 2.68. The molecule has 0 saturated heterocycles. The largest absolute Gasteiger partial charge is 0.113 e. The Balaban J connectivity index is 1.02. The highest BCUT2D eigenvalue weighted by Gasteiger charge is 2.43. The predicted molar refractivity (Wildman–Crippen MR) is 280 cm³/mol. The summed E-state index contributed by atoms with van der Waals surface area (Å²) in [7, 11) is -2.13. The fourth-order valence-electron chi connectivity index (χ4n) is 13.2. The molecule has 8 aromatic carbocycles. The van der Waals surface area contributed by atoms with Gasteiger partial charge in [-0.05, 0) is 140 Å². The van der Waals surface area contributed by atoms with E-state index in [1.54, 1.807) is 15.9 Å². The van der Waals surface area contributed by atoms with Gasteiger partial charge < -0.3 is 0 Å². The highest BCUT2D eigenvalue weighted by atomic mass is 28.3. The highest BCUT2D eigenvalue weighted by molar-refractivity contribution is 7.04. The summed E-state index contributed by atoms with van der Waals surface area (Å²) >= 11 is 0. The van der Waals surface area contributed by atoms with Crippen molar-refractivity contribution in [1.82, 2.24) is 0 Å². The molecule has 4 aliphatic carbocycles. The molecule has 314 valence electrons. The van der Waals surface area contributed by atoms with Crippen LogP contribution in [0.15, 0.2) is 188 Å². The molecule has 2 unspecified atom stereocenters. The van der Waals surface area contributed by atoms with Crippen molar-refractivity contribution in [1.29, 1.82) is 0 Å². The van der Waals surface area contributed by atoms with Crippen molar-refractivity contribution in [2.75, 3.05) is 0 Å². The molecule has 5 aliphatic rings. The summed E-state index contributed by atoms with van der Waals surface area (Å²) in [6, 6.07) is 58.6. The number of hydrogen-bond acceptors (Lipinski definition) is 0. The van der Waals surface area contributed by atoms with Gasteiger partial charge in [0.1, 0.15) is 8.07 Å². The van der Waals surface area contributed by atoms with Gasteiger partial charge in [-0.1, -0.05) is 216 Å². The van der Waals surface area contributed by atoms with E-state index in [1.807, 2.05) is 0 Å². The summed E-state index contributed by atoms with van der Waals surface area (Å²) in [5, 5.41) is 8.55. The van der Waals surface area contributed by atoms with Crippen LogP contribution in [0.5, 0.6) is 0 Å². The van der Waals surface area contributed by atoms with E-state index in [0.717, 1.165) is 12.8 Å². The topological polar surface area (TPSA) is 0 Å². The molecule has 0 amide bonds. The maximum Gasteiger partial charge on any atom is 0.113 e. The van der Waals surface area contributed by atoms with Crippen molar-refractivity contribution >= 4 is 51.1 Å². The lowest BCUT2D eigenvalue weighted by Crippen LogP contribution is -2.49. The smallest absolute Gasteiger partial charge is 0.0761 e. The first kappa shape index (κ1) is 38.9. The number of benzene rings is 8. The molecule has 0 N–H and O–H groups in total. The first-order valence-electron chi connectivity index (χ1n) is 23.9. The summed E-state index contributed by atoms with van der Waals surface area (Å²) < 4.78 is 0. The molecule has 1 heteroatoms. The molecule has 65 heavy (non-hydrogen) atoms. The van der Waals surface area contributed by atoms with Gasteiger partial charge in [-0.3, -0.25) is 0 Å². The van der Waals surface area contributed by atoms with E-state index in [1.165, 1.54) is 105 Å². The molecule has 0 radical (unpaired) electrons. The summed E-state index contributed by atoms with van der Waals surface area (Å²) in [6.07, 6.45) is 14.4. The minimum absolute atomic E-state index is 0.0267. The van der Waals surface area contributed by atoms with Crippen LogP contribution in [0.25, 0.3) is 66.1 Å². The molecule has 8 aromatic rings. The number of fused-ring (bicyclic) bond motifs is 11. The van der Waals surface area contributed by atoms with Crippen LogP contribution in [0.4, 0.5) is 0 Å². The van der Waals surface area contributed by atoms with E-state index in [2.05, 4.69) is 223 Å². The van der Waals surface area contributed by atoms with Crippen LogP contribution < -0.4 is 10.4 Å². The van der Waals surface area contributed by atoms with E-state index < -0.39 is 8.07 Å². The normalized spacial score (nSPS) is 20.0. The molecule has 2 atom stereocenters. The van der Waals surface area contributed by atoms with E-state index in [4.69, 9.17) is 0 Å². The fraction of sp³-hybridized carbons (Fsp3) is 0.188. The third-order valence-electron chi connectivity index (χ3n) is 16.6. The van der Waals surface area contributed by atoms with E-state index >= 15 is 0 Å². The van der Waals surface area contributed by atoms with E-state index in [-0.39, 0.29) is 10.8 Å². The minimum atomic E-state index is -2.13. The van der Waals surface area contributed by atoms with E-state index in [9.17, 15) is 0 Å². The fourth-order valence-corrected chi connectivity index (χ4v) is 16.2. The van der Waals surface area contributed by atoms with Crippen molar-refractivity contribution in [3.8, 4) is 33.4 Å². The highest BCUT2D eigenvalue weighted by Crippen LogP contribution is 2.56. The zero-order valence-corrected chi connectivity index (χ0v) is 39.4. The first-order chi connectivity index (χ1) is 31.5. The zero-order chi connectivity index (χ0) is 44.0. The van der Waals surface area contributed by atoms with Crippen LogP contribution in [0, 0.1) is 0 Å². The summed E-state index contributed by atoms with van der Waals surface area (Å²) in [4.78, 5) is 0. The van der Waals surface area contributed by atoms with Gasteiger partial charge in [0.25, 0.3) is 0 Å². The number of hydrogen-bond donors (Lipinski definition) is 0. The standard InChI is InChI=1S/C64H54Si/c1-63(2)55-22-14-12-18-45(55)47-31-29-43(34-57(47)63)61-50-20-10-11-21-51(50)62(44-30-32-48-46-19-13-15-23-56(46)64(3,4)58(48)35-44)54-38-60-52(37-53(54)61)49-33-28-42(36-59(49)65(60,5)6)41-26-24-40(25-27-41)39-16-8-7-9-17-39/h7-26,28-30,32-38,41,47H,27,31H2,1-6H3. The van der Waals surface area contributed by atoms with Gasteiger partial charge in [-0.15, -0.1) is 0 Å². The SMILES string of the molecule is CC1(C)C2=CC(c3c4ccccc4c(-c4ccc5c(c4)C(C)(C)c4ccccc4-5)c4cc5c(cc34)-c3ccc(C4C=CC(c6ccccc6)=CC4)cc3[Si]5(C)C)=CCC2c2ccccc21. The van der Waals surface area contributed by atoms with Gasteiger partial charge >= 0.3 is 0 Å². The lowest BCUT2D eigenvalue weighted by atomic mass is 9.75. The summed E-state index contributed by atoms with van der Waals surface area (Å²) in [5.41, 5.74) is 22.3. The molecule has 1 aliphatic heterocycles. The average molecular weight is 851 g/mol. The quantitative estimate of drug-likeness (QED) is 0.122. The average Bonchev–Trinajstić information content (AvgIpc) is 3.81. The molecule has 13 rings (SSSR count). The first-order valence-corrected chi connectivity index (χ1v) is 26.9. The van der Waals surface area contributed by atoms with Crippen LogP contribution in [0.1, 0.15) is 91.3 Å². The van der Waals surface area contributed by atoms with Gasteiger partial charge in [0, 0.05) is 22.7 Å². The van der Waals surface area contributed by atoms with Crippen LogP contribution in [-0.4, -0.2) is 8.07 Å². The molecule has 0 fully saturated rings. The molecular weight excluding hydrogens is 797 g/mol. The number of rotatable bonds is 4. The van der Waals surface area contributed by atoms with Crippen LogP contribution in [0.2, 0.25) is 13.1 Å². The molecule has 0 saturated carbocycles. The lowest BCUT2D eigenvalue weighted by Gasteiger charge is -2.29. The molecule has 0 aromatic heterocycles. The summed E-state index contributed by atoms with van der Waals surface area (Å²) in [6.45, 7) is 14.9. The Hall–Kier alpha value is -6.54. The van der Waals surface area contributed by atoms with Crippen molar-refractivity contribution in [3.05, 3.63) is 227 Å². The van der Waals surface area contributed by atoms with E-state index in [0.29, 0.717) is 11.8 Å². The van der Waals surface area contributed by atoms with Crippen LogP contribution in [0.3, 0.4) is 0 Å². The second kappa shape index (κ2) is 13.7. The molecule has 0 nitrogen and oxygen atoms in total. The van der Waals surface area contributed by atoms with Crippen molar-refractivity contribution in [2.45, 2.75) is 76.3 Å². The Morgan fingerprint density at radius 2 is 1.14 bits per heavy atom. The minimum Gasteiger partial charge on any atom is -0.0761 e. The van der Waals surface area contributed by atoms with Gasteiger partial charge in [0.2, 0.25) is 0 Å².